The van der Waals surface area contributed by atoms with Gasteiger partial charge in [0.2, 0.25) is 0 Å². The highest BCUT2D eigenvalue weighted by atomic mass is 32.1. The molecule has 0 spiro atoms. The summed E-state index contributed by atoms with van der Waals surface area (Å²) in [4.78, 5) is 20.5. The lowest BCUT2D eigenvalue weighted by Gasteiger charge is -2.14. The van der Waals surface area contributed by atoms with Gasteiger partial charge in [0.1, 0.15) is 11.0 Å². The van der Waals surface area contributed by atoms with Gasteiger partial charge in [0.25, 0.3) is 0 Å². The van der Waals surface area contributed by atoms with Gasteiger partial charge >= 0.3 is 0 Å². The lowest BCUT2D eigenvalue weighted by molar-refractivity contribution is 1.07. The predicted molar refractivity (Wildman–Crippen MR) is 245 cm³/mol. The molecule has 0 fully saturated rings. The molecule has 0 aliphatic rings. The zero-order valence-electron chi connectivity index (χ0n) is 31.9. The van der Waals surface area contributed by atoms with Crippen LogP contribution in [0.2, 0.25) is 0 Å². The Kier molecular flexibility index (Phi) is 7.89. The molecule has 0 aliphatic heterocycles. The molecule has 4 heterocycles. The number of aromatic nitrogens is 7. The average molecular weight is 786 g/mol. The van der Waals surface area contributed by atoms with Crippen molar-refractivity contribution in [3.8, 4) is 62.2 Å². The number of rotatable bonds is 6. The molecule has 0 saturated heterocycles. The number of para-hydroxylation sites is 3. The molecule has 12 aromatic rings. The smallest absolute Gasteiger partial charge is 0.164 e. The van der Waals surface area contributed by atoms with E-state index in [-0.39, 0.29) is 0 Å². The van der Waals surface area contributed by atoms with E-state index in [1.807, 2.05) is 42.5 Å². The van der Waals surface area contributed by atoms with Crippen LogP contribution < -0.4 is 0 Å². The summed E-state index contributed by atoms with van der Waals surface area (Å²) in [7, 11) is 0. The minimum atomic E-state index is 0.582. The number of hydrogen-bond acceptors (Lipinski definition) is 7. The van der Waals surface area contributed by atoms with E-state index in [9.17, 15) is 0 Å². The van der Waals surface area contributed by atoms with Gasteiger partial charge in [-0.3, -0.25) is 0 Å². The zero-order chi connectivity index (χ0) is 39.6. The van der Waals surface area contributed by atoms with Gasteiger partial charge in [-0.1, -0.05) is 133 Å². The van der Waals surface area contributed by atoms with E-state index in [2.05, 4.69) is 150 Å². The maximum Gasteiger partial charge on any atom is 0.164 e. The van der Waals surface area contributed by atoms with Crippen LogP contribution >= 0.6 is 11.7 Å². The lowest BCUT2D eigenvalue weighted by atomic mass is 9.93. The quantitative estimate of drug-likeness (QED) is 0.156. The van der Waals surface area contributed by atoms with Gasteiger partial charge in [0.05, 0.1) is 34.0 Å². The van der Waals surface area contributed by atoms with Crippen molar-refractivity contribution in [1.29, 1.82) is 0 Å². The first-order chi connectivity index (χ1) is 29.7. The third-order valence-corrected chi connectivity index (χ3v) is 11.8. The van der Waals surface area contributed by atoms with Crippen LogP contribution in [0.3, 0.4) is 0 Å². The highest BCUT2D eigenvalue weighted by molar-refractivity contribution is 7.00. The maximum atomic E-state index is 5.22. The van der Waals surface area contributed by atoms with Crippen molar-refractivity contribution in [1.82, 2.24) is 33.3 Å². The molecule has 0 aliphatic carbocycles. The largest absolute Gasteiger partial charge is 0.309 e. The van der Waals surface area contributed by atoms with Crippen molar-refractivity contribution >= 4 is 66.2 Å². The van der Waals surface area contributed by atoms with E-state index in [1.165, 1.54) is 22.5 Å². The normalized spacial score (nSPS) is 11.7. The summed E-state index contributed by atoms with van der Waals surface area (Å²) in [5.41, 5.74) is 12.6. The van der Waals surface area contributed by atoms with Crippen LogP contribution in [-0.4, -0.2) is 33.3 Å². The molecule has 0 radical (unpaired) electrons. The van der Waals surface area contributed by atoms with Crippen molar-refractivity contribution in [2.24, 2.45) is 0 Å². The minimum Gasteiger partial charge on any atom is -0.309 e. The van der Waals surface area contributed by atoms with Crippen molar-refractivity contribution < 1.29 is 0 Å². The molecule has 8 heteroatoms. The van der Waals surface area contributed by atoms with Gasteiger partial charge < -0.3 is 4.57 Å². The predicted octanol–water partition coefficient (Wildman–Crippen LogP) is 13.0. The van der Waals surface area contributed by atoms with E-state index in [1.54, 1.807) is 0 Å². The van der Waals surface area contributed by atoms with Crippen LogP contribution in [0.1, 0.15) is 0 Å². The molecule has 0 saturated carbocycles. The molecule has 0 unspecified atom stereocenters. The summed E-state index contributed by atoms with van der Waals surface area (Å²) < 4.78 is 12.1. The van der Waals surface area contributed by atoms with Crippen LogP contribution in [0, 0.1) is 0 Å². The molecule has 7 nitrogen and oxygen atoms in total. The molecule has 280 valence electrons. The molecule has 8 aromatic carbocycles. The molecule has 60 heavy (non-hydrogen) atoms. The van der Waals surface area contributed by atoms with E-state index >= 15 is 0 Å². The summed E-state index contributed by atoms with van der Waals surface area (Å²) in [6, 6.07) is 65.0. The van der Waals surface area contributed by atoms with Crippen LogP contribution in [-0.2, 0) is 0 Å². The number of hydrogen-bond donors (Lipinski definition) is 0. The SMILES string of the molecule is c1ccc(-c2nc(-c3ccc(-n4c5ccccc5c5ccccc54)cc3)nc(-c3cccc(-c4cc5c(-c6ccccc6)nc6ccccc6c5c5nsnc45)c3)n2)cc1. The summed E-state index contributed by atoms with van der Waals surface area (Å²) >= 11 is 1.23. The van der Waals surface area contributed by atoms with Crippen LogP contribution in [0.15, 0.2) is 188 Å². The Hall–Kier alpha value is -7.94. The minimum absolute atomic E-state index is 0.582. The standard InChI is InChI=1S/C52H31N7S/c1-3-14-32(15-4-1)47-42-31-41(48-49(58-60-57-48)46(42)40-22-7-10-23-43(40)53-47)35-18-13-19-36(30-35)52-55-50(33-16-5-2-6-17-33)54-51(56-52)34-26-28-37(29-27-34)59-44-24-11-8-20-38(44)39-21-9-12-25-45(39)59/h1-31H. The fourth-order valence-electron chi connectivity index (χ4n) is 8.54. The zero-order valence-corrected chi connectivity index (χ0v) is 32.8. The van der Waals surface area contributed by atoms with Crippen LogP contribution in [0.25, 0.3) is 117 Å². The monoisotopic (exact) mass is 785 g/mol. The van der Waals surface area contributed by atoms with Gasteiger partial charge in [-0.15, -0.1) is 0 Å². The van der Waals surface area contributed by atoms with Gasteiger partial charge in [-0.05, 0) is 60.2 Å². The molecule has 4 aromatic heterocycles. The van der Waals surface area contributed by atoms with Crippen molar-refractivity contribution in [3.05, 3.63) is 188 Å². The third-order valence-electron chi connectivity index (χ3n) is 11.3. The Bertz CT molecular complexity index is 3540. The Morgan fingerprint density at radius 2 is 0.900 bits per heavy atom. The van der Waals surface area contributed by atoms with E-state index in [0.717, 1.165) is 88.5 Å². The van der Waals surface area contributed by atoms with Gasteiger partial charge in [0, 0.05) is 60.4 Å². The van der Waals surface area contributed by atoms with Gasteiger partial charge in [0.15, 0.2) is 17.5 Å². The van der Waals surface area contributed by atoms with E-state index in [0.29, 0.717) is 17.5 Å². The number of nitrogens with zero attached hydrogens (tertiary/aromatic N) is 7. The van der Waals surface area contributed by atoms with Crippen molar-refractivity contribution in [2.45, 2.75) is 0 Å². The Morgan fingerprint density at radius 3 is 1.60 bits per heavy atom. The molecule has 0 amide bonds. The fourth-order valence-corrected chi connectivity index (χ4v) is 9.10. The summed E-state index contributed by atoms with van der Waals surface area (Å²) in [5.74, 6) is 1.79. The highest BCUT2D eigenvalue weighted by Gasteiger charge is 2.20. The lowest BCUT2D eigenvalue weighted by Crippen LogP contribution is -2.01. The fraction of sp³-hybridized carbons (Fsp3) is 0. The van der Waals surface area contributed by atoms with Crippen LogP contribution in [0.5, 0.6) is 0 Å². The average Bonchev–Trinajstić information content (AvgIpc) is 3.95. The van der Waals surface area contributed by atoms with Crippen molar-refractivity contribution in [3.63, 3.8) is 0 Å². The van der Waals surface area contributed by atoms with E-state index < -0.39 is 0 Å². The molecular formula is C52H31N7S. The molecule has 0 N–H and O–H groups in total. The Labute approximate surface area is 348 Å². The second-order valence-electron chi connectivity index (χ2n) is 14.8. The number of pyridine rings is 1. The molecule has 0 atom stereocenters. The summed E-state index contributed by atoms with van der Waals surface area (Å²) in [5, 5.41) is 5.59. The first-order valence-corrected chi connectivity index (χ1v) is 20.5. The first-order valence-electron chi connectivity index (χ1n) is 19.8. The number of fused-ring (bicyclic) bond motifs is 8. The Balaban J connectivity index is 1.01. The number of benzene rings is 8. The summed E-state index contributed by atoms with van der Waals surface area (Å²) in [6.07, 6.45) is 0. The third kappa shape index (κ3) is 5.57. The first kappa shape index (κ1) is 34.1. The van der Waals surface area contributed by atoms with E-state index in [4.69, 9.17) is 28.7 Å². The highest BCUT2D eigenvalue weighted by Crippen LogP contribution is 2.42. The second kappa shape index (κ2) is 13.9. The topological polar surface area (TPSA) is 82.3 Å². The second-order valence-corrected chi connectivity index (χ2v) is 15.3. The van der Waals surface area contributed by atoms with Gasteiger partial charge in [-0.25, -0.2) is 19.9 Å². The molecule has 0 bridgehead atoms. The molecular weight excluding hydrogens is 755 g/mol. The van der Waals surface area contributed by atoms with Crippen molar-refractivity contribution in [2.75, 3.05) is 0 Å². The maximum absolute atomic E-state index is 5.22. The molecule has 12 rings (SSSR count). The summed E-state index contributed by atoms with van der Waals surface area (Å²) in [6.45, 7) is 0. The Morgan fingerprint density at radius 1 is 0.367 bits per heavy atom. The van der Waals surface area contributed by atoms with Gasteiger partial charge in [-0.2, -0.15) is 8.75 Å². The van der Waals surface area contributed by atoms with Crippen LogP contribution in [0.4, 0.5) is 0 Å².